The van der Waals surface area contributed by atoms with Crippen LogP contribution in [0.1, 0.15) is 52.4 Å². The summed E-state index contributed by atoms with van der Waals surface area (Å²) in [5, 5.41) is 2.86. The van der Waals surface area contributed by atoms with Gasteiger partial charge < -0.3 is 10.1 Å². The Morgan fingerprint density at radius 1 is 1.17 bits per heavy atom. The molecule has 0 saturated heterocycles. The minimum Gasteiger partial charge on any atom is -0.467 e. The number of carbonyl (C=O) groups is 2. The Kier molecular flexibility index (Phi) is 5.30. The number of ether oxygens (including phenoxy) is 1. The fraction of sp³-hybridized carbons (Fsp3) is 0.765. The molecule has 0 aliphatic heterocycles. The summed E-state index contributed by atoms with van der Waals surface area (Å²) in [7, 11) is 1.24. The Balaban J connectivity index is 2.34. The third-order valence-corrected chi connectivity index (χ3v) is 5.09. The second-order valence-electron chi connectivity index (χ2n) is 7.09. The predicted octanol–water partition coefficient (Wildman–Crippen LogP) is 3.51. The van der Waals surface area contributed by atoms with Gasteiger partial charge in [-0.1, -0.05) is 33.1 Å². The molecule has 4 nitrogen and oxygen atoms in total. The first-order chi connectivity index (χ1) is 11.1. The number of methoxy groups -OCH3 is 1. The highest BCUT2D eigenvalue weighted by molar-refractivity contribution is 6.03. The van der Waals surface area contributed by atoms with Gasteiger partial charge in [0.15, 0.2) is 0 Å². The van der Waals surface area contributed by atoms with Crippen LogP contribution in [0, 0.1) is 11.3 Å². The van der Waals surface area contributed by atoms with E-state index in [2.05, 4.69) is 5.32 Å². The van der Waals surface area contributed by atoms with Gasteiger partial charge in [0.2, 0.25) is 0 Å². The molecule has 1 spiro atoms. The minimum absolute atomic E-state index is 0.163. The molecule has 1 saturated carbocycles. The number of allylic oxidation sites excluding steroid dienone is 2. The molecule has 1 fully saturated rings. The first kappa shape index (κ1) is 18.8. The summed E-state index contributed by atoms with van der Waals surface area (Å²) < 4.78 is 43.9. The van der Waals surface area contributed by atoms with Crippen molar-refractivity contribution in [1.29, 1.82) is 0 Å². The Labute approximate surface area is 139 Å². The molecule has 136 valence electrons. The Hall–Kier alpha value is -1.53. The SMILES string of the molecule is COC(=O)C(NC1=C(C(=O)C(F)(F)F)C2(CCCCC2)C1)C(C)C. The molecule has 1 N–H and O–H groups in total. The third-order valence-electron chi connectivity index (χ3n) is 5.09. The summed E-state index contributed by atoms with van der Waals surface area (Å²) in [6.45, 7) is 3.55. The van der Waals surface area contributed by atoms with Crippen molar-refractivity contribution in [3.8, 4) is 0 Å². The molecule has 1 unspecified atom stereocenters. The van der Waals surface area contributed by atoms with Crippen molar-refractivity contribution in [3.05, 3.63) is 11.3 Å². The molecular formula is C17H24F3NO3. The highest BCUT2D eigenvalue weighted by Gasteiger charge is 2.55. The lowest BCUT2D eigenvalue weighted by Gasteiger charge is -2.49. The molecular weight excluding hydrogens is 323 g/mol. The van der Waals surface area contributed by atoms with E-state index >= 15 is 0 Å². The molecule has 2 aliphatic rings. The number of Topliss-reactive ketones (excluding diaryl/α,β-unsaturated/α-hetero) is 1. The van der Waals surface area contributed by atoms with E-state index in [1.54, 1.807) is 13.8 Å². The molecule has 0 radical (unpaired) electrons. The maximum Gasteiger partial charge on any atom is 0.454 e. The van der Waals surface area contributed by atoms with Crippen LogP contribution in [0.2, 0.25) is 0 Å². The van der Waals surface area contributed by atoms with Crippen LogP contribution in [0.25, 0.3) is 0 Å². The fourth-order valence-electron chi connectivity index (χ4n) is 3.84. The van der Waals surface area contributed by atoms with E-state index in [1.807, 2.05) is 0 Å². The van der Waals surface area contributed by atoms with E-state index in [0.717, 1.165) is 19.3 Å². The standard InChI is InChI=1S/C17H24F3NO3/c1-10(2)13(15(23)24-3)21-11-9-16(7-5-4-6-8-16)12(11)14(22)17(18,19)20/h10,13,21H,4-9H2,1-3H3. The van der Waals surface area contributed by atoms with Crippen molar-refractivity contribution in [1.82, 2.24) is 5.32 Å². The van der Waals surface area contributed by atoms with E-state index < -0.39 is 29.4 Å². The number of alkyl halides is 3. The highest BCUT2D eigenvalue weighted by atomic mass is 19.4. The monoisotopic (exact) mass is 347 g/mol. The number of rotatable bonds is 5. The first-order valence-electron chi connectivity index (χ1n) is 8.32. The van der Waals surface area contributed by atoms with Crippen molar-refractivity contribution < 1.29 is 27.5 Å². The largest absolute Gasteiger partial charge is 0.467 e. The van der Waals surface area contributed by atoms with Gasteiger partial charge in [0.1, 0.15) is 6.04 Å². The van der Waals surface area contributed by atoms with Crippen LogP contribution in [0.5, 0.6) is 0 Å². The van der Waals surface area contributed by atoms with Gasteiger partial charge in [0, 0.05) is 16.7 Å². The van der Waals surface area contributed by atoms with Crippen molar-refractivity contribution >= 4 is 11.8 Å². The lowest BCUT2D eigenvalue weighted by molar-refractivity contribution is -0.169. The summed E-state index contributed by atoms with van der Waals surface area (Å²) in [6, 6.07) is -0.762. The van der Waals surface area contributed by atoms with E-state index in [0.29, 0.717) is 19.3 Å². The molecule has 0 heterocycles. The quantitative estimate of drug-likeness (QED) is 0.773. The van der Waals surface area contributed by atoms with Crippen LogP contribution in [0.3, 0.4) is 0 Å². The highest BCUT2D eigenvalue weighted by Crippen LogP contribution is 2.56. The predicted molar refractivity (Wildman–Crippen MR) is 82.0 cm³/mol. The molecule has 24 heavy (non-hydrogen) atoms. The molecule has 7 heteroatoms. The Morgan fingerprint density at radius 3 is 2.21 bits per heavy atom. The van der Waals surface area contributed by atoms with Gasteiger partial charge in [-0.05, 0) is 25.2 Å². The number of esters is 1. The Morgan fingerprint density at radius 2 is 1.75 bits per heavy atom. The van der Waals surface area contributed by atoms with E-state index in [4.69, 9.17) is 4.74 Å². The second kappa shape index (κ2) is 6.76. The molecule has 0 aromatic rings. The zero-order chi connectivity index (χ0) is 18.1. The first-order valence-corrected chi connectivity index (χ1v) is 8.32. The number of carbonyl (C=O) groups excluding carboxylic acids is 2. The van der Waals surface area contributed by atoms with Gasteiger partial charge in [-0.2, -0.15) is 13.2 Å². The van der Waals surface area contributed by atoms with Gasteiger partial charge in [-0.15, -0.1) is 0 Å². The van der Waals surface area contributed by atoms with Gasteiger partial charge >= 0.3 is 12.1 Å². The zero-order valence-electron chi connectivity index (χ0n) is 14.3. The lowest BCUT2D eigenvalue weighted by Crippen LogP contribution is -2.51. The summed E-state index contributed by atoms with van der Waals surface area (Å²) >= 11 is 0. The van der Waals surface area contributed by atoms with Gasteiger partial charge in [-0.3, -0.25) is 4.79 Å². The van der Waals surface area contributed by atoms with Gasteiger partial charge in [0.05, 0.1) is 7.11 Å². The molecule has 2 aliphatic carbocycles. The van der Waals surface area contributed by atoms with Crippen molar-refractivity contribution in [2.45, 2.75) is 64.6 Å². The average Bonchev–Trinajstić information content (AvgIpc) is 2.50. The molecule has 2 rings (SSSR count). The van der Waals surface area contributed by atoms with Gasteiger partial charge in [0.25, 0.3) is 5.78 Å². The molecule has 0 amide bonds. The number of ketones is 1. The lowest BCUT2D eigenvalue weighted by atomic mass is 9.57. The van der Waals surface area contributed by atoms with Crippen LogP contribution in [-0.4, -0.2) is 31.1 Å². The molecule has 0 aromatic carbocycles. The summed E-state index contributed by atoms with van der Waals surface area (Å²) in [6.07, 6.45) is -0.677. The topological polar surface area (TPSA) is 55.4 Å². The van der Waals surface area contributed by atoms with E-state index in [9.17, 15) is 22.8 Å². The second-order valence-corrected chi connectivity index (χ2v) is 7.09. The number of halogens is 3. The van der Waals surface area contributed by atoms with Crippen molar-refractivity contribution in [3.63, 3.8) is 0 Å². The zero-order valence-corrected chi connectivity index (χ0v) is 14.3. The normalized spacial score (nSPS) is 21.5. The van der Waals surface area contributed by atoms with Crippen LogP contribution in [0.15, 0.2) is 11.3 Å². The number of nitrogens with one attached hydrogen (secondary N) is 1. The smallest absolute Gasteiger partial charge is 0.454 e. The number of hydrogen-bond acceptors (Lipinski definition) is 4. The summed E-state index contributed by atoms with van der Waals surface area (Å²) in [5.41, 5.74) is -0.585. The molecule has 1 atom stereocenters. The molecule has 0 bridgehead atoms. The van der Waals surface area contributed by atoms with Gasteiger partial charge in [-0.25, -0.2) is 4.79 Å². The van der Waals surface area contributed by atoms with Crippen LogP contribution in [0.4, 0.5) is 13.2 Å². The third kappa shape index (κ3) is 3.44. The van der Waals surface area contributed by atoms with Crippen LogP contribution in [-0.2, 0) is 14.3 Å². The van der Waals surface area contributed by atoms with Crippen LogP contribution < -0.4 is 5.32 Å². The maximum atomic E-state index is 13.0. The summed E-state index contributed by atoms with van der Waals surface area (Å²) in [5.74, 6) is -2.48. The molecule has 0 aromatic heterocycles. The average molecular weight is 347 g/mol. The number of hydrogen-bond donors (Lipinski definition) is 1. The Bertz CT molecular complexity index is 546. The van der Waals surface area contributed by atoms with Crippen molar-refractivity contribution in [2.24, 2.45) is 11.3 Å². The van der Waals surface area contributed by atoms with E-state index in [-0.39, 0.29) is 17.2 Å². The fourth-order valence-corrected chi connectivity index (χ4v) is 3.84. The maximum absolute atomic E-state index is 13.0. The van der Waals surface area contributed by atoms with E-state index in [1.165, 1.54) is 7.11 Å². The van der Waals surface area contributed by atoms with Crippen molar-refractivity contribution in [2.75, 3.05) is 7.11 Å². The summed E-state index contributed by atoms with van der Waals surface area (Å²) in [4.78, 5) is 23.8. The van der Waals surface area contributed by atoms with Crippen LogP contribution >= 0.6 is 0 Å². The minimum atomic E-state index is -4.90.